The molecule has 2 aromatic carbocycles. The van der Waals surface area contributed by atoms with E-state index in [2.05, 4.69) is 5.32 Å². The number of ether oxygens (including phenoxy) is 1. The molecule has 0 aliphatic heterocycles. The Balaban J connectivity index is 1.99. The quantitative estimate of drug-likeness (QED) is 0.528. The molecule has 0 heterocycles. The smallest absolute Gasteiger partial charge is 0.336 e. The second-order valence-electron chi connectivity index (χ2n) is 4.52. The van der Waals surface area contributed by atoms with E-state index in [0.717, 1.165) is 5.56 Å². The van der Waals surface area contributed by atoms with Crippen molar-refractivity contribution in [1.82, 2.24) is 0 Å². The molecule has 0 aliphatic rings. The molecule has 0 aromatic heterocycles. The van der Waals surface area contributed by atoms with E-state index in [9.17, 15) is 9.59 Å². The number of esters is 1. The summed E-state index contributed by atoms with van der Waals surface area (Å²) in [7, 11) is 0. The summed E-state index contributed by atoms with van der Waals surface area (Å²) in [6, 6.07) is 13.7. The van der Waals surface area contributed by atoms with Crippen molar-refractivity contribution < 1.29 is 14.3 Å². The third kappa shape index (κ3) is 5.07. The molecule has 5 heteroatoms. The van der Waals surface area contributed by atoms with Crippen LogP contribution in [0.25, 0.3) is 6.08 Å². The number of halogens is 1. The summed E-state index contributed by atoms with van der Waals surface area (Å²) < 4.78 is 5.18. The van der Waals surface area contributed by atoms with Gasteiger partial charge in [-0.05, 0) is 35.9 Å². The van der Waals surface area contributed by atoms with Crippen LogP contribution >= 0.6 is 11.6 Å². The zero-order valence-electron chi connectivity index (χ0n) is 11.9. The average Bonchev–Trinajstić information content (AvgIpc) is 2.46. The number of hydrogen-bond acceptors (Lipinski definition) is 3. The standard InChI is InChI=1S/C17H14ClNO3/c1-12(20)19-15-3-2-4-16(11-15)22-17(21)10-7-13-5-8-14(18)9-6-13/h2-11H,1H3,(H,19,20)/b10-7+. The van der Waals surface area contributed by atoms with Crippen molar-refractivity contribution in [3.63, 3.8) is 0 Å². The van der Waals surface area contributed by atoms with Gasteiger partial charge in [-0.15, -0.1) is 0 Å². The number of nitrogens with one attached hydrogen (secondary N) is 1. The van der Waals surface area contributed by atoms with E-state index in [4.69, 9.17) is 16.3 Å². The highest BCUT2D eigenvalue weighted by molar-refractivity contribution is 6.30. The van der Waals surface area contributed by atoms with E-state index in [-0.39, 0.29) is 5.91 Å². The molecule has 2 aromatic rings. The van der Waals surface area contributed by atoms with Crippen molar-refractivity contribution in [2.75, 3.05) is 5.32 Å². The van der Waals surface area contributed by atoms with Crippen molar-refractivity contribution in [1.29, 1.82) is 0 Å². The van der Waals surface area contributed by atoms with E-state index in [0.29, 0.717) is 16.5 Å². The van der Waals surface area contributed by atoms with Gasteiger partial charge in [-0.1, -0.05) is 29.8 Å². The Labute approximate surface area is 133 Å². The second kappa shape index (κ2) is 7.43. The van der Waals surface area contributed by atoms with Gasteiger partial charge in [0.1, 0.15) is 5.75 Å². The largest absolute Gasteiger partial charge is 0.423 e. The normalized spacial score (nSPS) is 10.5. The van der Waals surface area contributed by atoms with E-state index < -0.39 is 5.97 Å². The number of carbonyl (C=O) groups excluding carboxylic acids is 2. The molecule has 0 saturated carbocycles. The number of hydrogen-bond donors (Lipinski definition) is 1. The van der Waals surface area contributed by atoms with Crippen LogP contribution < -0.4 is 10.1 Å². The number of benzene rings is 2. The molecule has 4 nitrogen and oxygen atoms in total. The summed E-state index contributed by atoms with van der Waals surface area (Å²) in [4.78, 5) is 22.8. The lowest BCUT2D eigenvalue weighted by molar-refractivity contribution is -0.128. The first-order valence-corrected chi connectivity index (χ1v) is 6.94. The number of rotatable bonds is 4. The van der Waals surface area contributed by atoms with Crippen molar-refractivity contribution in [2.24, 2.45) is 0 Å². The highest BCUT2D eigenvalue weighted by Crippen LogP contribution is 2.18. The van der Waals surface area contributed by atoms with E-state index >= 15 is 0 Å². The lowest BCUT2D eigenvalue weighted by Gasteiger charge is -2.05. The highest BCUT2D eigenvalue weighted by atomic mass is 35.5. The third-order valence-electron chi connectivity index (χ3n) is 2.65. The fourth-order valence-electron chi connectivity index (χ4n) is 1.73. The van der Waals surface area contributed by atoms with Crippen LogP contribution in [0.15, 0.2) is 54.6 Å². The summed E-state index contributed by atoms with van der Waals surface area (Å²) in [6.07, 6.45) is 2.96. The van der Waals surface area contributed by atoms with Crippen molar-refractivity contribution in [3.8, 4) is 5.75 Å². The van der Waals surface area contributed by atoms with Gasteiger partial charge < -0.3 is 10.1 Å². The molecule has 0 aliphatic carbocycles. The van der Waals surface area contributed by atoms with Gasteiger partial charge in [-0.25, -0.2) is 4.79 Å². The van der Waals surface area contributed by atoms with Crippen molar-refractivity contribution in [2.45, 2.75) is 6.92 Å². The van der Waals surface area contributed by atoms with Gasteiger partial charge in [0.25, 0.3) is 0 Å². The van der Waals surface area contributed by atoms with Gasteiger partial charge in [0, 0.05) is 29.8 Å². The maximum Gasteiger partial charge on any atom is 0.336 e. The highest BCUT2D eigenvalue weighted by Gasteiger charge is 2.02. The topological polar surface area (TPSA) is 55.4 Å². The molecule has 0 fully saturated rings. The van der Waals surface area contributed by atoms with Crippen LogP contribution in [0.4, 0.5) is 5.69 Å². The Morgan fingerprint density at radius 3 is 2.55 bits per heavy atom. The van der Waals surface area contributed by atoms with Crippen molar-refractivity contribution >= 4 is 35.2 Å². The lowest BCUT2D eigenvalue weighted by atomic mass is 10.2. The molecule has 0 atom stereocenters. The minimum atomic E-state index is -0.505. The van der Waals surface area contributed by atoms with Gasteiger partial charge in [0.15, 0.2) is 0 Å². The Morgan fingerprint density at radius 2 is 1.86 bits per heavy atom. The van der Waals surface area contributed by atoms with E-state index in [1.807, 2.05) is 0 Å². The van der Waals surface area contributed by atoms with E-state index in [1.165, 1.54) is 13.0 Å². The molecule has 1 N–H and O–H groups in total. The summed E-state index contributed by atoms with van der Waals surface area (Å²) in [5, 5.41) is 3.25. The molecule has 22 heavy (non-hydrogen) atoms. The number of carbonyl (C=O) groups is 2. The Morgan fingerprint density at radius 1 is 1.14 bits per heavy atom. The van der Waals surface area contributed by atoms with Crippen LogP contribution in [-0.2, 0) is 9.59 Å². The molecule has 0 bridgehead atoms. The first-order chi connectivity index (χ1) is 10.5. The molecule has 112 valence electrons. The first-order valence-electron chi connectivity index (χ1n) is 6.56. The minimum absolute atomic E-state index is 0.189. The van der Waals surface area contributed by atoms with Crippen LogP contribution in [0.3, 0.4) is 0 Å². The third-order valence-corrected chi connectivity index (χ3v) is 2.91. The Kier molecular flexibility index (Phi) is 5.33. The van der Waals surface area contributed by atoms with Crippen molar-refractivity contribution in [3.05, 3.63) is 65.2 Å². The van der Waals surface area contributed by atoms with Crippen LogP contribution in [0.1, 0.15) is 12.5 Å². The summed E-state index contributed by atoms with van der Waals surface area (Å²) in [5.41, 5.74) is 1.41. The minimum Gasteiger partial charge on any atom is -0.423 e. The van der Waals surface area contributed by atoms with Gasteiger partial charge in [0.05, 0.1) is 0 Å². The summed E-state index contributed by atoms with van der Waals surface area (Å²) in [5.74, 6) is -0.335. The van der Waals surface area contributed by atoms with E-state index in [1.54, 1.807) is 54.6 Å². The molecule has 1 amide bonds. The first kappa shape index (κ1) is 15.8. The lowest BCUT2D eigenvalue weighted by Crippen LogP contribution is -2.07. The van der Waals surface area contributed by atoms with Crippen LogP contribution in [0.5, 0.6) is 5.75 Å². The molecule has 2 rings (SSSR count). The van der Waals surface area contributed by atoms with Gasteiger partial charge in [-0.3, -0.25) is 4.79 Å². The number of anilines is 1. The van der Waals surface area contributed by atoms with Crippen LogP contribution in [0, 0.1) is 0 Å². The SMILES string of the molecule is CC(=O)Nc1cccc(OC(=O)/C=C/c2ccc(Cl)cc2)c1. The second-order valence-corrected chi connectivity index (χ2v) is 4.95. The molecular weight excluding hydrogens is 302 g/mol. The zero-order valence-corrected chi connectivity index (χ0v) is 12.6. The average molecular weight is 316 g/mol. The maximum absolute atomic E-state index is 11.8. The maximum atomic E-state index is 11.8. The monoisotopic (exact) mass is 315 g/mol. The summed E-state index contributed by atoms with van der Waals surface area (Å²) >= 11 is 5.79. The fraction of sp³-hybridized carbons (Fsp3) is 0.0588. The predicted molar refractivity (Wildman–Crippen MR) is 86.9 cm³/mol. The van der Waals surface area contributed by atoms with Crippen LogP contribution in [0.2, 0.25) is 5.02 Å². The zero-order chi connectivity index (χ0) is 15.9. The Bertz CT molecular complexity index is 708. The van der Waals surface area contributed by atoms with Gasteiger partial charge in [-0.2, -0.15) is 0 Å². The number of amides is 1. The molecule has 0 spiro atoms. The molecule has 0 unspecified atom stereocenters. The fourth-order valence-corrected chi connectivity index (χ4v) is 1.85. The van der Waals surface area contributed by atoms with Crippen LogP contribution in [-0.4, -0.2) is 11.9 Å². The molecule has 0 radical (unpaired) electrons. The molecular formula is C17H14ClNO3. The van der Waals surface area contributed by atoms with Gasteiger partial charge in [0.2, 0.25) is 5.91 Å². The summed E-state index contributed by atoms with van der Waals surface area (Å²) in [6.45, 7) is 1.41. The van der Waals surface area contributed by atoms with Gasteiger partial charge >= 0.3 is 5.97 Å². The Hall–Kier alpha value is -2.59. The molecule has 0 saturated heterocycles. The predicted octanol–water partition coefficient (Wildman–Crippen LogP) is 3.92.